The number of amides is 2. The van der Waals surface area contributed by atoms with Crippen LogP contribution in [-0.4, -0.2) is 25.1 Å². The van der Waals surface area contributed by atoms with E-state index in [1.807, 2.05) is 0 Å². The quantitative estimate of drug-likeness (QED) is 0.495. The highest BCUT2D eigenvalue weighted by Crippen LogP contribution is 2.10. The molecule has 2 N–H and O–H groups in total. The molecule has 0 bridgehead atoms. The van der Waals surface area contributed by atoms with Crippen LogP contribution in [0.2, 0.25) is 5.02 Å². The molecule has 0 spiro atoms. The number of carbonyl (C=O) groups is 2. The van der Waals surface area contributed by atoms with Gasteiger partial charge in [0.2, 0.25) is 0 Å². The molecule has 7 heteroatoms. The summed E-state index contributed by atoms with van der Waals surface area (Å²) in [6.45, 7) is 0.225. The van der Waals surface area contributed by atoms with Gasteiger partial charge in [0.05, 0.1) is 13.3 Å². The molecule has 6 nitrogen and oxygen atoms in total. The third kappa shape index (κ3) is 5.40. The lowest BCUT2D eigenvalue weighted by Crippen LogP contribution is -2.37. The van der Waals surface area contributed by atoms with Crippen molar-refractivity contribution in [1.82, 2.24) is 10.7 Å². The molecule has 0 fully saturated rings. The normalized spacial score (nSPS) is 10.4. The van der Waals surface area contributed by atoms with E-state index < -0.39 is 11.8 Å². The molecule has 2 amide bonds. The zero-order chi connectivity index (χ0) is 17.4. The Morgan fingerprint density at radius 1 is 1.17 bits per heavy atom. The fourth-order valence-electron chi connectivity index (χ4n) is 1.80. The Kier molecular flexibility index (Phi) is 6.33. The zero-order valence-electron chi connectivity index (χ0n) is 13.0. The lowest BCUT2D eigenvalue weighted by molar-refractivity contribution is -0.139. The summed E-state index contributed by atoms with van der Waals surface area (Å²) in [5.41, 5.74) is 3.74. The fraction of sp³-hybridized carbons (Fsp3) is 0.118. The molecule has 0 saturated carbocycles. The maximum atomic E-state index is 11.7. The second kappa shape index (κ2) is 8.69. The van der Waals surface area contributed by atoms with Crippen molar-refractivity contribution in [3.05, 3.63) is 64.7 Å². The topological polar surface area (TPSA) is 79.8 Å². The van der Waals surface area contributed by atoms with Crippen LogP contribution in [0.1, 0.15) is 11.1 Å². The average molecular weight is 346 g/mol. The van der Waals surface area contributed by atoms with Gasteiger partial charge in [0, 0.05) is 11.6 Å². The third-order valence-corrected chi connectivity index (χ3v) is 3.30. The Labute approximate surface area is 144 Å². The van der Waals surface area contributed by atoms with Gasteiger partial charge in [-0.2, -0.15) is 5.10 Å². The molecule has 2 rings (SSSR count). The van der Waals surface area contributed by atoms with Gasteiger partial charge < -0.3 is 10.1 Å². The van der Waals surface area contributed by atoms with Crippen molar-refractivity contribution < 1.29 is 14.3 Å². The van der Waals surface area contributed by atoms with Gasteiger partial charge in [0.25, 0.3) is 0 Å². The van der Waals surface area contributed by atoms with Crippen molar-refractivity contribution in [2.45, 2.75) is 6.54 Å². The molecular weight excluding hydrogens is 330 g/mol. The molecule has 2 aromatic carbocycles. The Bertz CT molecular complexity index is 745. The van der Waals surface area contributed by atoms with Crippen LogP contribution in [0.15, 0.2) is 53.6 Å². The number of halogens is 1. The van der Waals surface area contributed by atoms with Crippen LogP contribution in [-0.2, 0) is 16.1 Å². The van der Waals surface area contributed by atoms with Gasteiger partial charge in [-0.3, -0.25) is 9.59 Å². The highest BCUT2D eigenvalue weighted by molar-refractivity contribution is 6.35. The number of rotatable bonds is 5. The van der Waals surface area contributed by atoms with Crippen LogP contribution in [0.25, 0.3) is 0 Å². The van der Waals surface area contributed by atoms with Crippen LogP contribution in [0.5, 0.6) is 5.75 Å². The second-order valence-electron chi connectivity index (χ2n) is 4.78. The van der Waals surface area contributed by atoms with E-state index in [-0.39, 0.29) is 6.54 Å². The molecule has 0 aliphatic heterocycles. The van der Waals surface area contributed by atoms with Crippen molar-refractivity contribution in [3.8, 4) is 5.75 Å². The van der Waals surface area contributed by atoms with Crippen molar-refractivity contribution in [2.24, 2.45) is 5.10 Å². The highest BCUT2D eigenvalue weighted by Gasteiger charge is 2.11. The van der Waals surface area contributed by atoms with Crippen molar-refractivity contribution in [2.75, 3.05) is 7.11 Å². The Balaban J connectivity index is 1.81. The minimum Gasteiger partial charge on any atom is -0.497 e. The Morgan fingerprint density at radius 2 is 1.92 bits per heavy atom. The van der Waals surface area contributed by atoms with Crippen molar-refractivity contribution in [3.63, 3.8) is 0 Å². The summed E-state index contributed by atoms with van der Waals surface area (Å²) in [5, 5.41) is 6.85. The summed E-state index contributed by atoms with van der Waals surface area (Å²) in [6.07, 6.45) is 1.42. The Hall–Kier alpha value is -2.86. The number of ether oxygens (including phenoxy) is 1. The average Bonchev–Trinajstić information content (AvgIpc) is 2.61. The summed E-state index contributed by atoms with van der Waals surface area (Å²) in [5.74, 6) is -0.943. The number of hydrazone groups is 1. The van der Waals surface area contributed by atoms with Crippen LogP contribution in [0.3, 0.4) is 0 Å². The lowest BCUT2D eigenvalue weighted by atomic mass is 10.2. The summed E-state index contributed by atoms with van der Waals surface area (Å²) < 4.78 is 5.08. The number of methoxy groups -OCH3 is 1. The molecular formula is C17H16ClN3O3. The number of benzene rings is 2. The van der Waals surface area contributed by atoms with E-state index in [9.17, 15) is 9.59 Å². The second-order valence-corrected chi connectivity index (χ2v) is 5.22. The van der Waals surface area contributed by atoms with Crippen molar-refractivity contribution in [1.29, 1.82) is 0 Å². The molecule has 0 radical (unpaired) electrons. The van der Waals surface area contributed by atoms with Gasteiger partial charge >= 0.3 is 11.8 Å². The fourth-order valence-corrected chi connectivity index (χ4v) is 1.93. The predicted molar refractivity (Wildman–Crippen MR) is 92.0 cm³/mol. The highest BCUT2D eigenvalue weighted by atomic mass is 35.5. The van der Waals surface area contributed by atoms with Crippen LogP contribution >= 0.6 is 11.6 Å². The van der Waals surface area contributed by atoms with Gasteiger partial charge in [-0.05, 0) is 35.4 Å². The molecule has 24 heavy (non-hydrogen) atoms. The standard InChI is InChI=1S/C17H16ClN3O3/c1-24-15-4-2-3-13(9-15)11-20-21-17(23)16(22)19-10-12-5-7-14(18)8-6-12/h2-9,11H,10H2,1H3,(H,19,22)(H,21,23)/b20-11-. The smallest absolute Gasteiger partial charge is 0.329 e. The lowest BCUT2D eigenvalue weighted by Gasteiger charge is -2.04. The minimum atomic E-state index is -0.844. The number of carbonyl (C=O) groups excluding carboxylic acids is 2. The van der Waals surface area contributed by atoms with Gasteiger partial charge in [-0.15, -0.1) is 0 Å². The van der Waals surface area contributed by atoms with E-state index in [4.69, 9.17) is 16.3 Å². The maximum Gasteiger partial charge on any atom is 0.329 e. The first kappa shape index (κ1) is 17.5. The number of nitrogens with one attached hydrogen (secondary N) is 2. The molecule has 0 atom stereocenters. The van der Waals surface area contributed by atoms with E-state index in [1.165, 1.54) is 6.21 Å². The first-order chi connectivity index (χ1) is 11.6. The molecule has 0 saturated heterocycles. The molecule has 0 aliphatic rings. The van der Waals surface area contributed by atoms with Gasteiger partial charge in [-0.25, -0.2) is 5.43 Å². The summed E-state index contributed by atoms with van der Waals surface area (Å²) >= 11 is 5.78. The van der Waals surface area contributed by atoms with Gasteiger partial charge in [-0.1, -0.05) is 35.9 Å². The maximum absolute atomic E-state index is 11.7. The Morgan fingerprint density at radius 3 is 2.62 bits per heavy atom. The number of hydrogen-bond donors (Lipinski definition) is 2. The first-order valence-electron chi connectivity index (χ1n) is 7.08. The van der Waals surface area contributed by atoms with E-state index >= 15 is 0 Å². The zero-order valence-corrected chi connectivity index (χ0v) is 13.7. The molecule has 124 valence electrons. The van der Waals surface area contributed by atoms with E-state index in [0.29, 0.717) is 10.8 Å². The monoisotopic (exact) mass is 345 g/mol. The summed E-state index contributed by atoms with van der Waals surface area (Å²) in [4.78, 5) is 23.3. The first-order valence-corrected chi connectivity index (χ1v) is 7.46. The van der Waals surface area contributed by atoms with Crippen LogP contribution < -0.4 is 15.5 Å². The van der Waals surface area contributed by atoms with E-state index in [1.54, 1.807) is 55.6 Å². The third-order valence-electron chi connectivity index (χ3n) is 3.05. The van der Waals surface area contributed by atoms with Crippen LogP contribution in [0.4, 0.5) is 0 Å². The molecule has 0 aromatic heterocycles. The number of nitrogens with zero attached hydrogens (tertiary/aromatic N) is 1. The molecule has 0 aliphatic carbocycles. The van der Waals surface area contributed by atoms with Crippen LogP contribution in [0, 0.1) is 0 Å². The van der Waals surface area contributed by atoms with Gasteiger partial charge in [0.15, 0.2) is 0 Å². The SMILES string of the molecule is COc1cccc(/C=N\NC(=O)C(=O)NCc2ccc(Cl)cc2)c1. The van der Waals surface area contributed by atoms with E-state index in [0.717, 1.165) is 11.1 Å². The predicted octanol–water partition coefficient (Wildman–Crippen LogP) is 2.12. The number of hydrogen-bond acceptors (Lipinski definition) is 4. The van der Waals surface area contributed by atoms with Gasteiger partial charge in [0.1, 0.15) is 5.75 Å². The van der Waals surface area contributed by atoms with Crippen molar-refractivity contribution >= 4 is 29.6 Å². The largest absolute Gasteiger partial charge is 0.497 e. The summed E-state index contributed by atoms with van der Waals surface area (Å²) in [6, 6.07) is 14.1. The van der Waals surface area contributed by atoms with E-state index in [2.05, 4.69) is 15.8 Å². The molecule has 0 unspecified atom stereocenters. The summed E-state index contributed by atoms with van der Waals surface area (Å²) in [7, 11) is 1.56. The minimum absolute atomic E-state index is 0.225. The molecule has 2 aromatic rings. The molecule has 0 heterocycles.